The number of halogens is 1. The molecule has 0 saturated carbocycles. The maximum absolute atomic E-state index is 5.87. The highest BCUT2D eigenvalue weighted by atomic mass is 35.5. The summed E-state index contributed by atoms with van der Waals surface area (Å²) in [6.45, 7) is 2.32. The number of oxazole rings is 1. The summed E-state index contributed by atoms with van der Waals surface area (Å²) < 4.78 is 5.38. The summed E-state index contributed by atoms with van der Waals surface area (Å²) in [5.41, 5.74) is 0. The number of thiophene rings is 1. The van der Waals surface area contributed by atoms with Crippen molar-refractivity contribution in [3.05, 3.63) is 34.6 Å². The smallest absolute Gasteiger partial charge is 0.225 e. The van der Waals surface area contributed by atoms with Gasteiger partial charge in [-0.15, -0.1) is 11.3 Å². The normalized spacial score (nSPS) is 11.0. The van der Waals surface area contributed by atoms with Crippen LogP contribution in [0.25, 0.3) is 10.2 Å². The van der Waals surface area contributed by atoms with Gasteiger partial charge in [0.15, 0.2) is 0 Å². The van der Waals surface area contributed by atoms with E-state index < -0.39 is 0 Å². The average Bonchev–Trinajstić information content (AvgIpc) is 2.94. The molecule has 92 valence electrons. The summed E-state index contributed by atoms with van der Waals surface area (Å²) in [4.78, 5) is 13.3. The van der Waals surface area contributed by atoms with Crippen LogP contribution in [0.5, 0.6) is 0 Å². The van der Waals surface area contributed by atoms with Crippen molar-refractivity contribution in [1.82, 2.24) is 15.0 Å². The van der Waals surface area contributed by atoms with E-state index in [0.29, 0.717) is 18.3 Å². The molecular weight excluding hydrogens is 272 g/mol. The first-order valence-corrected chi connectivity index (χ1v) is 6.54. The minimum absolute atomic E-state index is 0.232. The van der Waals surface area contributed by atoms with Crippen molar-refractivity contribution in [2.75, 3.05) is 5.32 Å². The van der Waals surface area contributed by atoms with Crippen LogP contribution in [0.4, 0.5) is 5.82 Å². The molecule has 3 heterocycles. The number of aryl methyl sites for hydroxylation is 1. The maximum Gasteiger partial charge on any atom is 0.225 e. The van der Waals surface area contributed by atoms with Crippen molar-refractivity contribution >= 4 is 39.0 Å². The second-order valence-electron chi connectivity index (χ2n) is 3.70. The third-order valence-electron chi connectivity index (χ3n) is 2.37. The number of anilines is 1. The van der Waals surface area contributed by atoms with Gasteiger partial charge in [-0.1, -0.05) is 0 Å². The van der Waals surface area contributed by atoms with Crippen molar-refractivity contribution in [2.24, 2.45) is 0 Å². The highest BCUT2D eigenvalue weighted by molar-refractivity contribution is 7.16. The monoisotopic (exact) mass is 280 g/mol. The molecule has 0 aliphatic rings. The summed E-state index contributed by atoms with van der Waals surface area (Å²) in [5, 5.41) is 6.30. The fourth-order valence-electron chi connectivity index (χ4n) is 1.61. The number of nitrogens with one attached hydrogen (secondary N) is 1. The van der Waals surface area contributed by atoms with Crippen molar-refractivity contribution < 1.29 is 4.42 Å². The van der Waals surface area contributed by atoms with Crippen LogP contribution in [0.15, 0.2) is 22.1 Å². The number of rotatable bonds is 3. The van der Waals surface area contributed by atoms with Gasteiger partial charge in [0, 0.05) is 0 Å². The van der Waals surface area contributed by atoms with E-state index in [-0.39, 0.29) is 5.28 Å². The predicted octanol–water partition coefficient (Wildman–Crippen LogP) is 3.25. The average molecular weight is 281 g/mol. The van der Waals surface area contributed by atoms with Gasteiger partial charge >= 0.3 is 0 Å². The quantitative estimate of drug-likeness (QED) is 0.746. The first-order chi connectivity index (χ1) is 8.72. The van der Waals surface area contributed by atoms with Crippen LogP contribution >= 0.6 is 22.9 Å². The number of hydrogen-bond donors (Lipinski definition) is 1. The Balaban J connectivity index is 1.87. The number of nitrogens with zero attached hydrogens (tertiary/aromatic N) is 3. The zero-order chi connectivity index (χ0) is 12.5. The van der Waals surface area contributed by atoms with Gasteiger partial charge in [-0.25, -0.2) is 15.0 Å². The number of fused-ring (bicyclic) bond motifs is 1. The van der Waals surface area contributed by atoms with Crippen LogP contribution in [-0.4, -0.2) is 15.0 Å². The molecule has 0 fully saturated rings. The summed E-state index contributed by atoms with van der Waals surface area (Å²) in [5.74, 6) is 2.10. The molecule has 0 aromatic carbocycles. The molecule has 3 aromatic heterocycles. The Labute approximate surface area is 112 Å². The topological polar surface area (TPSA) is 63.8 Å². The van der Waals surface area contributed by atoms with Gasteiger partial charge in [0.05, 0.1) is 18.1 Å². The minimum Gasteiger partial charge on any atom is -0.444 e. The van der Waals surface area contributed by atoms with Crippen molar-refractivity contribution in [1.29, 1.82) is 0 Å². The predicted molar refractivity (Wildman–Crippen MR) is 71.0 cm³/mol. The lowest BCUT2D eigenvalue weighted by atomic mass is 10.4. The van der Waals surface area contributed by atoms with Crippen LogP contribution in [-0.2, 0) is 6.54 Å². The molecule has 7 heteroatoms. The van der Waals surface area contributed by atoms with Gasteiger partial charge in [-0.05, 0) is 30.0 Å². The van der Waals surface area contributed by atoms with Gasteiger partial charge in [0.2, 0.25) is 11.2 Å². The van der Waals surface area contributed by atoms with E-state index in [2.05, 4.69) is 20.3 Å². The molecule has 3 rings (SSSR count). The van der Waals surface area contributed by atoms with Crippen molar-refractivity contribution in [3.63, 3.8) is 0 Å². The first-order valence-electron chi connectivity index (χ1n) is 5.28. The zero-order valence-corrected chi connectivity index (χ0v) is 11.0. The molecule has 0 radical (unpaired) electrons. The summed E-state index contributed by atoms with van der Waals surface area (Å²) in [6.07, 6.45) is 1.68. The molecular formula is C11H9ClN4OS. The molecule has 0 unspecified atom stereocenters. The van der Waals surface area contributed by atoms with E-state index in [1.54, 1.807) is 6.20 Å². The largest absolute Gasteiger partial charge is 0.444 e. The van der Waals surface area contributed by atoms with Gasteiger partial charge in [0.25, 0.3) is 0 Å². The van der Waals surface area contributed by atoms with E-state index in [4.69, 9.17) is 16.0 Å². The zero-order valence-electron chi connectivity index (χ0n) is 9.48. The van der Waals surface area contributed by atoms with Gasteiger partial charge in [-0.2, -0.15) is 0 Å². The second kappa shape index (κ2) is 4.55. The molecule has 0 spiro atoms. The molecule has 18 heavy (non-hydrogen) atoms. The van der Waals surface area contributed by atoms with Crippen LogP contribution < -0.4 is 5.32 Å². The highest BCUT2D eigenvalue weighted by Crippen LogP contribution is 2.26. The Morgan fingerprint density at radius 3 is 3.11 bits per heavy atom. The van der Waals surface area contributed by atoms with Gasteiger partial charge < -0.3 is 9.73 Å². The Kier molecular flexibility index (Phi) is 2.89. The van der Waals surface area contributed by atoms with E-state index in [1.165, 1.54) is 11.3 Å². The lowest BCUT2D eigenvalue weighted by Crippen LogP contribution is -2.02. The molecule has 0 aliphatic carbocycles. The maximum atomic E-state index is 5.87. The van der Waals surface area contributed by atoms with Crippen LogP contribution in [0, 0.1) is 6.92 Å². The van der Waals surface area contributed by atoms with Crippen molar-refractivity contribution in [2.45, 2.75) is 13.5 Å². The van der Waals surface area contributed by atoms with E-state index in [1.807, 2.05) is 18.4 Å². The standard InChI is InChI=1S/C11H9ClN4OS/c1-6-4-13-8(17-6)5-14-9-7-2-3-18-10(7)16-11(12)15-9/h2-4H,5H2,1H3,(H,14,15,16). The second-order valence-corrected chi connectivity index (χ2v) is 4.93. The summed E-state index contributed by atoms with van der Waals surface area (Å²) in [6, 6.07) is 1.96. The summed E-state index contributed by atoms with van der Waals surface area (Å²) in [7, 11) is 0. The lowest BCUT2D eigenvalue weighted by molar-refractivity contribution is 0.479. The molecule has 5 nitrogen and oxygen atoms in total. The Morgan fingerprint density at radius 2 is 2.33 bits per heavy atom. The minimum atomic E-state index is 0.232. The molecule has 0 aliphatic heterocycles. The lowest BCUT2D eigenvalue weighted by Gasteiger charge is -2.04. The molecule has 0 saturated heterocycles. The van der Waals surface area contributed by atoms with Crippen molar-refractivity contribution in [3.8, 4) is 0 Å². The Hall–Kier alpha value is -1.66. The fraction of sp³-hybridized carbons (Fsp3) is 0.182. The SMILES string of the molecule is Cc1cnc(CNc2nc(Cl)nc3sccc23)o1. The highest BCUT2D eigenvalue weighted by Gasteiger charge is 2.08. The fourth-order valence-corrected chi connectivity index (χ4v) is 2.59. The molecule has 3 aromatic rings. The van der Waals surface area contributed by atoms with Gasteiger partial charge in [0.1, 0.15) is 16.4 Å². The molecule has 0 bridgehead atoms. The van der Waals surface area contributed by atoms with E-state index in [9.17, 15) is 0 Å². The first kappa shape index (κ1) is 11.4. The third-order valence-corrected chi connectivity index (χ3v) is 3.35. The van der Waals surface area contributed by atoms with E-state index in [0.717, 1.165) is 16.0 Å². The van der Waals surface area contributed by atoms with Crippen LogP contribution in [0.2, 0.25) is 5.28 Å². The van der Waals surface area contributed by atoms with Crippen LogP contribution in [0.1, 0.15) is 11.7 Å². The van der Waals surface area contributed by atoms with E-state index >= 15 is 0 Å². The molecule has 0 atom stereocenters. The Morgan fingerprint density at radius 1 is 1.44 bits per heavy atom. The van der Waals surface area contributed by atoms with Crippen LogP contribution in [0.3, 0.4) is 0 Å². The molecule has 1 N–H and O–H groups in total. The number of aromatic nitrogens is 3. The molecule has 0 amide bonds. The Bertz CT molecular complexity index is 693. The van der Waals surface area contributed by atoms with Gasteiger partial charge in [-0.3, -0.25) is 0 Å². The number of hydrogen-bond acceptors (Lipinski definition) is 6. The third kappa shape index (κ3) is 2.16. The summed E-state index contributed by atoms with van der Waals surface area (Å²) >= 11 is 7.40.